The molecule has 0 amide bonds. The van der Waals surface area contributed by atoms with Crippen LogP contribution in [0.1, 0.15) is 17.5 Å². The van der Waals surface area contributed by atoms with Gasteiger partial charge in [0, 0.05) is 42.8 Å². The van der Waals surface area contributed by atoms with Crippen LogP contribution in [0.3, 0.4) is 0 Å². The Bertz CT molecular complexity index is 1130. The Morgan fingerprint density at radius 1 is 0.900 bits per heavy atom. The standard InChI is InChI=1S/C25H23N5/c1-2-9-20(10-3-1)22-16-24(27-18-19-8-6-14-26-17-19)29-25(28-22)30-15-7-12-21-11-4-5-13-23(21)30/h1-6,8-11,13-14,16-17H,7,12,15,18H2,(H,27,28,29). The molecule has 0 saturated heterocycles. The number of para-hydroxylation sites is 1. The molecule has 1 aliphatic rings. The maximum atomic E-state index is 4.94. The van der Waals surface area contributed by atoms with Crippen LogP contribution in [0.4, 0.5) is 17.5 Å². The lowest BCUT2D eigenvalue weighted by Crippen LogP contribution is -2.26. The van der Waals surface area contributed by atoms with E-state index in [1.54, 1.807) is 6.20 Å². The monoisotopic (exact) mass is 393 g/mol. The molecule has 148 valence electrons. The van der Waals surface area contributed by atoms with Crippen molar-refractivity contribution >= 4 is 17.5 Å². The third-order valence-corrected chi connectivity index (χ3v) is 5.33. The average molecular weight is 393 g/mol. The number of fused-ring (bicyclic) bond motifs is 1. The smallest absolute Gasteiger partial charge is 0.232 e. The molecular formula is C25H23N5. The minimum Gasteiger partial charge on any atom is -0.366 e. The molecular weight excluding hydrogens is 370 g/mol. The van der Waals surface area contributed by atoms with E-state index in [2.05, 4.69) is 57.7 Å². The summed E-state index contributed by atoms with van der Waals surface area (Å²) in [4.78, 5) is 16.3. The zero-order valence-corrected chi connectivity index (χ0v) is 16.7. The minimum absolute atomic E-state index is 0.662. The second-order valence-corrected chi connectivity index (χ2v) is 7.40. The van der Waals surface area contributed by atoms with Crippen LogP contribution in [0.25, 0.3) is 11.3 Å². The van der Waals surface area contributed by atoms with Crippen molar-refractivity contribution in [2.45, 2.75) is 19.4 Å². The van der Waals surface area contributed by atoms with Crippen LogP contribution in [0, 0.1) is 0 Å². The van der Waals surface area contributed by atoms with Gasteiger partial charge in [-0.15, -0.1) is 0 Å². The average Bonchev–Trinajstić information content (AvgIpc) is 2.83. The van der Waals surface area contributed by atoms with Crippen molar-refractivity contribution in [3.8, 4) is 11.3 Å². The Balaban J connectivity index is 1.53. The Morgan fingerprint density at radius 2 is 1.77 bits per heavy atom. The Kier molecular flexibility index (Phi) is 5.08. The van der Waals surface area contributed by atoms with E-state index in [1.807, 2.05) is 36.5 Å². The molecule has 5 nitrogen and oxygen atoms in total. The molecule has 5 rings (SSSR count). The lowest BCUT2D eigenvalue weighted by molar-refractivity contribution is 0.751. The van der Waals surface area contributed by atoms with Gasteiger partial charge >= 0.3 is 0 Å². The van der Waals surface area contributed by atoms with Gasteiger partial charge in [0.05, 0.1) is 5.69 Å². The van der Waals surface area contributed by atoms with E-state index in [-0.39, 0.29) is 0 Å². The van der Waals surface area contributed by atoms with Gasteiger partial charge < -0.3 is 10.2 Å². The highest BCUT2D eigenvalue weighted by Gasteiger charge is 2.21. The molecule has 1 N–H and O–H groups in total. The summed E-state index contributed by atoms with van der Waals surface area (Å²) in [6.07, 6.45) is 5.84. The van der Waals surface area contributed by atoms with E-state index in [1.165, 1.54) is 11.3 Å². The van der Waals surface area contributed by atoms with Crippen molar-refractivity contribution in [2.24, 2.45) is 0 Å². The molecule has 0 radical (unpaired) electrons. The van der Waals surface area contributed by atoms with Crippen LogP contribution in [0.2, 0.25) is 0 Å². The maximum absolute atomic E-state index is 4.94. The van der Waals surface area contributed by atoms with Crippen molar-refractivity contribution in [3.63, 3.8) is 0 Å². The van der Waals surface area contributed by atoms with Crippen molar-refractivity contribution < 1.29 is 0 Å². The van der Waals surface area contributed by atoms with Gasteiger partial charge in [0.1, 0.15) is 5.82 Å². The number of pyridine rings is 1. The van der Waals surface area contributed by atoms with E-state index >= 15 is 0 Å². The van der Waals surface area contributed by atoms with Crippen molar-refractivity contribution in [1.29, 1.82) is 0 Å². The first-order valence-corrected chi connectivity index (χ1v) is 10.3. The molecule has 0 unspecified atom stereocenters. The van der Waals surface area contributed by atoms with Crippen LogP contribution < -0.4 is 10.2 Å². The van der Waals surface area contributed by atoms with Gasteiger partial charge in [0.15, 0.2) is 0 Å². The molecule has 0 bridgehead atoms. The molecule has 0 atom stereocenters. The molecule has 0 fully saturated rings. The summed E-state index contributed by atoms with van der Waals surface area (Å²) in [6, 6.07) is 24.8. The SMILES string of the molecule is c1ccc(-c2cc(NCc3cccnc3)nc(N3CCCc4ccccc43)n2)cc1. The molecule has 0 saturated carbocycles. The number of hydrogen-bond donors (Lipinski definition) is 1. The number of aromatic nitrogens is 3. The first-order chi connectivity index (χ1) is 14.9. The Labute approximate surface area is 176 Å². The van der Waals surface area contributed by atoms with Gasteiger partial charge in [-0.25, -0.2) is 4.98 Å². The number of nitrogens with zero attached hydrogens (tertiary/aromatic N) is 4. The summed E-state index contributed by atoms with van der Waals surface area (Å²) < 4.78 is 0. The quantitative estimate of drug-likeness (QED) is 0.503. The summed E-state index contributed by atoms with van der Waals surface area (Å²) in [7, 11) is 0. The highest BCUT2D eigenvalue weighted by atomic mass is 15.3. The molecule has 2 aromatic carbocycles. The van der Waals surface area contributed by atoms with E-state index in [0.29, 0.717) is 6.54 Å². The van der Waals surface area contributed by atoms with Crippen LogP contribution in [-0.4, -0.2) is 21.5 Å². The molecule has 5 heteroatoms. The number of nitrogens with one attached hydrogen (secondary N) is 1. The fourth-order valence-electron chi connectivity index (χ4n) is 3.84. The summed E-state index contributed by atoms with van der Waals surface area (Å²) >= 11 is 0. The zero-order valence-electron chi connectivity index (χ0n) is 16.7. The van der Waals surface area contributed by atoms with Crippen molar-refractivity contribution in [2.75, 3.05) is 16.8 Å². The van der Waals surface area contributed by atoms with Crippen LogP contribution in [0.15, 0.2) is 85.2 Å². The van der Waals surface area contributed by atoms with Gasteiger partial charge in [-0.05, 0) is 36.1 Å². The highest BCUT2D eigenvalue weighted by molar-refractivity contribution is 5.69. The third-order valence-electron chi connectivity index (χ3n) is 5.33. The molecule has 0 spiro atoms. The zero-order chi connectivity index (χ0) is 20.2. The van der Waals surface area contributed by atoms with Gasteiger partial charge in [0.2, 0.25) is 5.95 Å². The molecule has 30 heavy (non-hydrogen) atoms. The predicted molar refractivity (Wildman–Crippen MR) is 121 cm³/mol. The fourth-order valence-corrected chi connectivity index (χ4v) is 3.84. The van der Waals surface area contributed by atoms with Crippen molar-refractivity contribution in [3.05, 3.63) is 96.3 Å². The summed E-state index contributed by atoms with van der Waals surface area (Å²) in [5.74, 6) is 1.54. The summed E-state index contributed by atoms with van der Waals surface area (Å²) in [6.45, 7) is 1.58. The van der Waals surface area contributed by atoms with Crippen LogP contribution >= 0.6 is 0 Å². The van der Waals surface area contributed by atoms with E-state index in [9.17, 15) is 0 Å². The number of hydrogen-bond acceptors (Lipinski definition) is 5. The molecule has 1 aliphatic heterocycles. The molecule has 4 aromatic rings. The number of benzene rings is 2. The summed E-state index contributed by atoms with van der Waals surface area (Å²) in [5.41, 5.74) is 5.66. The van der Waals surface area contributed by atoms with E-state index in [4.69, 9.17) is 9.97 Å². The first kappa shape index (κ1) is 18.3. The van der Waals surface area contributed by atoms with E-state index < -0.39 is 0 Å². The lowest BCUT2D eigenvalue weighted by Gasteiger charge is -2.30. The minimum atomic E-state index is 0.662. The Morgan fingerprint density at radius 3 is 2.63 bits per heavy atom. The lowest BCUT2D eigenvalue weighted by atomic mass is 10.0. The summed E-state index contributed by atoms with van der Waals surface area (Å²) in [5, 5.41) is 3.46. The van der Waals surface area contributed by atoms with Crippen LogP contribution in [-0.2, 0) is 13.0 Å². The highest BCUT2D eigenvalue weighted by Crippen LogP contribution is 2.33. The molecule has 3 heterocycles. The first-order valence-electron chi connectivity index (χ1n) is 10.3. The maximum Gasteiger partial charge on any atom is 0.232 e. The molecule has 0 aliphatic carbocycles. The topological polar surface area (TPSA) is 53.9 Å². The van der Waals surface area contributed by atoms with Gasteiger partial charge in [-0.1, -0.05) is 54.6 Å². The van der Waals surface area contributed by atoms with Crippen molar-refractivity contribution in [1.82, 2.24) is 15.0 Å². The molecule has 2 aromatic heterocycles. The number of aryl methyl sites for hydroxylation is 1. The van der Waals surface area contributed by atoms with Gasteiger partial charge in [-0.3, -0.25) is 4.98 Å². The predicted octanol–water partition coefficient (Wildman–Crippen LogP) is 5.24. The normalized spacial score (nSPS) is 13.0. The number of rotatable bonds is 5. The van der Waals surface area contributed by atoms with Gasteiger partial charge in [-0.2, -0.15) is 4.98 Å². The second kappa shape index (κ2) is 8.33. The Hall–Kier alpha value is -3.73. The van der Waals surface area contributed by atoms with Crippen LogP contribution in [0.5, 0.6) is 0 Å². The second-order valence-electron chi connectivity index (χ2n) is 7.40. The van der Waals surface area contributed by atoms with Gasteiger partial charge in [0.25, 0.3) is 0 Å². The fraction of sp³-hybridized carbons (Fsp3) is 0.160. The van der Waals surface area contributed by atoms with E-state index in [0.717, 1.165) is 48.0 Å². The third kappa shape index (κ3) is 3.87. The largest absolute Gasteiger partial charge is 0.366 e. The number of anilines is 3.